The second kappa shape index (κ2) is 7.04. The molecule has 0 radical (unpaired) electrons. The number of hydrogen-bond donors (Lipinski definition) is 1. The Morgan fingerprint density at radius 3 is 2.80 bits per heavy atom. The van der Waals surface area contributed by atoms with Gasteiger partial charge in [0.05, 0.1) is 25.7 Å². The molecule has 2 atom stereocenters. The topological polar surface area (TPSA) is 70.1 Å². The maximum atomic E-state index is 12.3. The van der Waals surface area contributed by atoms with Crippen LogP contribution in [-0.4, -0.2) is 71.7 Å². The van der Waals surface area contributed by atoms with Crippen molar-refractivity contribution in [3.63, 3.8) is 0 Å². The Balaban J connectivity index is 1.88. The first-order valence-electron chi connectivity index (χ1n) is 7.41. The van der Waals surface area contributed by atoms with Crippen molar-refractivity contribution in [3.8, 4) is 0 Å². The van der Waals surface area contributed by atoms with E-state index in [0.29, 0.717) is 26.2 Å². The lowest BCUT2D eigenvalue weighted by molar-refractivity contribution is -0.143. The Labute approximate surface area is 119 Å². The summed E-state index contributed by atoms with van der Waals surface area (Å²) in [4.78, 5) is 27.1. The fourth-order valence-corrected chi connectivity index (χ4v) is 3.02. The predicted molar refractivity (Wildman–Crippen MR) is 73.5 cm³/mol. The van der Waals surface area contributed by atoms with Gasteiger partial charge in [0, 0.05) is 19.1 Å². The number of likely N-dealkylation sites (tertiary alicyclic amines) is 1. The van der Waals surface area contributed by atoms with E-state index in [4.69, 9.17) is 9.84 Å². The van der Waals surface area contributed by atoms with E-state index in [2.05, 4.69) is 0 Å². The van der Waals surface area contributed by atoms with E-state index in [-0.39, 0.29) is 24.5 Å². The lowest BCUT2D eigenvalue weighted by atomic mass is 9.99. The molecule has 2 saturated heterocycles. The summed E-state index contributed by atoms with van der Waals surface area (Å²) < 4.78 is 5.44. The summed E-state index contributed by atoms with van der Waals surface area (Å²) in [6.07, 6.45) is 3.19. The predicted octanol–water partition coefficient (Wildman–Crippen LogP) is 0.563. The van der Waals surface area contributed by atoms with E-state index in [1.54, 1.807) is 0 Å². The lowest BCUT2D eigenvalue weighted by Crippen LogP contribution is -2.51. The van der Waals surface area contributed by atoms with Gasteiger partial charge in [-0.25, -0.2) is 0 Å². The molecule has 2 heterocycles. The van der Waals surface area contributed by atoms with Crippen LogP contribution in [-0.2, 0) is 14.3 Å². The van der Waals surface area contributed by atoms with Crippen molar-refractivity contribution in [1.82, 2.24) is 9.80 Å². The van der Waals surface area contributed by atoms with Crippen LogP contribution in [0.3, 0.4) is 0 Å². The van der Waals surface area contributed by atoms with Crippen molar-refractivity contribution in [3.05, 3.63) is 0 Å². The van der Waals surface area contributed by atoms with Crippen LogP contribution < -0.4 is 0 Å². The maximum Gasteiger partial charge on any atom is 0.304 e. The number of carboxylic acid groups (broad SMARTS) is 1. The fourth-order valence-electron chi connectivity index (χ4n) is 3.02. The number of carbonyl (C=O) groups is 2. The summed E-state index contributed by atoms with van der Waals surface area (Å²) in [6, 6.07) is 0.00339. The summed E-state index contributed by atoms with van der Waals surface area (Å²) in [5.74, 6) is -0.688. The van der Waals surface area contributed by atoms with Crippen molar-refractivity contribution < 1.29 is 19.4 Å². The third-order valence-corrected chi connectivity index (χ3v) is 4.09. The molecule has 0 aliphatic carbocycles. The second-order valence-electron chi connectivity index (χ2n) is 5.74. The minimum absolute atomic E-state index is 0.00339. The van der Waals surface area contributed by atoms with Gasteiger partial charge in [0.15, 0.2) is 0 Å². The Bertz CT molecular complexity index is 361. The van der Waals surface area contributed by atoms with Gasteiger partial charge >= 0.3 is 5.97 Å². The standard InChI is InChI=1S/C14H24N2O4/c1-11-9-16(6-7-20-11)13(17)10-15-5-3-2-4-12(15)8-14(18)19/h11-12H,2-10H2,1H3,(H,18,19). The molecule has 6 nitrogen and oxygen atoms in total. The molecule has 2 rings (SSSR count). The molecule has 2 fully saturated rings. The van der Waals surface area contributed by atoms with Gasteiger partial charge in [0.2, 0.25) is 5.91 Å². The van der Waals surface area contributed by atoms with Crippen LogP contribution >= 0.6 is 0 Å². The number of amides is 1. The number of carbonyl (C=O) groups excluding carboxylic acids is 1. The number of nitrogens with zero attached hydrogens (tertiary/aromatic N) is 2. The zero-order valence-corrected chi connectivity index (χ0v) is 12.1. The highest BCUT2D eigenvalue weighted by Crippen LogP contribution is 2.20. The van der Waals surface area contributed by atoms with E-state index < -0.39 is 5.97 Å². The highest BCUT2D eigenvalue weighted by Gasteiger charge is 2.29. The van der Waals surface area contributed by atoms with Gasteiger partial charge < -0.3 is 14.7 Å². The third kappa shape index (κ3) is 4.18. The van der Waals surface area contributed by atoms with Crippen LogP contribution in [0.15, 0.2) is 0 Å². The van der Waals surface area contributed by atoms with Gasteiger partial charge in [0.25, 0.3) is 0 Å². The first-order valence-corrected chi connectivity index (χ1v) is 7.41. The summed E-state index contributed by atoms with van der Waals surface area (Å²) in [5.41, 5.74) is 0. The van der Waals surface area contributed by atoms with Gasteiger partial charge in [-0.2, -0.15) is 0 Å². The molecular weight excluding hydrogens is 260 g/mol. The molecule has 2 aliphatic rings. The number of piperidine rings is 1. The molecular formula is C14H24N2O4. The minimum atomic E-state index is -0.783. The number of aliphatic carboxylic acids is 1. The van der Waals surface area contributed by atoms with Gasteiger partial charge in [-0.3, -0.25) is 14.5 Å². The Kier molecular flexibility index (Phi) is 5.37. The summed E-state index contributed by atoms with van der Waals surface area (Å²) in [7, 11) is 0. The van der Waals surface area contributed by atoms with Crippen LogP contribution in [0.25, 0.3) is 0 Å². The van der Waals surface area contributed by atoms with Gasteiger partial charge in [-0.05, 0) is 26.3 Å². The zero-order valence-electron chi connectivity index (χ0n) is 12.1. The Morgan fingerprint density at radius 1 is 1.30 bits per heavy atom. The fraction of sp³-hybridized carbons (Fsp3) is 0.857. The molecule has 2 unspecified atom stereocenters. The zero-order chi connectivity index (χ0) is 14.5. The highest BCUT2D eigenvalue weighted by atomic mass is 16.5. The lowest BCUT2D eigenvalue weighted by Gasteiger charge is -2.37. The summed E-state index contributed by atoms with van der Waals surface area (Å²) in [5, 5.41) is 8.96. The minimum Gasteiger partial charge on any atom is -0.481 e. The first kappa shape index (κ1) is 15.3. The average molecular weight is 284 g/mol. The van der Waals surface area contributed by atoms with E-state index in [1.165, 1.54) is 0 Å². The van der Waals surface area contributed by atoms with E-state index in [9.17, 15) is 9.59 Å². The molecule has 0 spiro atoms. The molecule has 0 aromatic heterocycles. The quantitative estimate of drug-likeness (QED) is 0.817. The number of ether oxygens (including phenoxy) is 1. The summed E-state index contributed by atoms with van der Waals surface area (Å²) in [6.45, 7) is 4.99. The molecule has 20 heavy (non-hydrogen) atoms. The van der Waals surface area contributed by atoms with Crippen molar-refractivity contribution in [2.24, 2.45) is 0 Å². The third-order valence-electron chi connectivity index (χ3n) is 4.09. The van der Waals surface area contributed by atoms with Crippen LogP contribution in [0.2, 0.25) is 0 Å². The van der Waals surface area contributed by atoms with E-state index >= 15 is 0 Å². The number of rotatable bonds is 4. The maximum absolute atomic E-state index is 12.3. The molecule has 0 aromatic carbocycles. The van der Waals surface area contributed by atoms with Crippen LogP contribution in [0.4, 0.5) is 0 Å². The van der Waals surface area contributed by atoms with Gasteiger partial charge in [0.1, 0.15) is 0 Å². The van der Waals surface area contributed by atoms with Crippen molar-refractivity contribution in [1.29, 1.82) is 0 Å². The van der Waals surface area contributed by atoms with Crippen molar-refractivity contribution >= 4 is 11.9 Å². The molecule has 114 valence electrons. The SMILES string of the molecule is CC1CN(C(=O)CN2CCCCC2CC(=O)O)CCO1. The monoisotopic (exact) mass is 284 g/mol. The van der Waals surface area contributed by atoms with E-state index in [1.807, 2.05) is 16.7 Å². The van der Waals surface area contributed by atoms with Crippen molar-refractivity contribution in [2.45, 2.75) is 44.8 Å². The largest absolute Gasteiger partial charge is 0.481 e. The summed E-state index contributed by atoms with van der Waals surface area (Å²) >= 11 is 0. The molecule has 1 amide bonds. The average Bonchev–Trinajstić information content (AvgIpc) is 2.40. The number of carboxylic acids is 1. The van der Waals surface area contributed by atoms with Crippen LogP contribution in [0, 0.1) is 0 Å². The Morgan fingerprint density at radius 2 is 2.10 bits per heavy atom. The number of hydrogen-bond acceptors (Lipinski definition) is 4. The first-order chi connectivity index (χ1) is 9.56. The molecule has 0 saturated carbocycles. The normalized spacial score (nSPS) is 28.4. The molecule has 0 bridgehead atoms. The molecule has 1 N–H and O–H groups in total. The van der Waals surface area contributed by atoms with Crippen LogP contribution in [0.1, 0.15) is 32.6 Å². The highest BCUT2D eigenvalue weighted by molar-refractivity contribution is 5.78. The molecule has 0 aromatic rings. The van der Waals surface area contributed by atoms with Gasteiger partial charge in [-0.15, -0.1) is 0 Å². The Hall–Kier alpha value is -1.14. The smallest absolute Gasteiger partial charge is 0.304 e. The van der Waals surface area contributed by atoms with Crippen LogP contribution in [0.5, 0.6) is 0 Å². The van der Waals surface area contributed by atoms with Gasteiger partial charge in [-0.1, -0.05) is 6.42 Å². The molecule has 6 heteroatoms. The second-order valence-corrected chi connectivity index (χ2v) is 5.74. The van der Waals surface area contributed by atoms with E-state index in [0.717, 1.165) is 25.8 Å². The van der Waals surface area contributed by atoms with Crippen molar-refractivity contribution in [2.75, 3.05) is 32.8 Å². The molecule has 2 aliphatic heterocycles. The number of morpholine rings is 1.